The molecule has 1 fully saturated rings. The molecule has 0 aliphatic carbocycles. The number of rotatable bonds is 9. The number of ether oxygens (including phenoxy) is 3. The largest absolute Gasteiger partial charge is 0.573 e. The monoisotopic (exact) mass is 1010 g/mol. The molecule has 1 aliphatic heterocycles. The van der Waals surface area contributed by atoms with E-state index < -0.39 is 12.7 Å². The first kappa shape index (κ1) is 50.3. The maximum absolute atomic E-state index is 12.2. The van der Waals surface area contributed by atoms with Crippen LogP contribution in [0.1, 0.15) is 41.7 Å². The predicted octanol–water partition coefficient (Wildman–Crippen LogP) is 11.1. The Morgan fingerprint density at radius 2 is 1.18 bits per heavy atom. The fourth-order valence-corrected chi connectivity index (χ4v) is 6.95. The maximum atomic E-state index is 12.2. The van der Waals surface area contributed by atoms with E-state index in [4.69, 9.17) is 48.6 Å². The molecule has 0 radical (unpaired) electrons. The number of aromatic nitrogens is 12. The molecule has 1 saturated heterocycles. The third-order valence-corrected chi connectivity index (χ3v) is 10.4. The van der Waals surface area contributed by atoms with Crippen molar-refractivity contribution in [3.05, 3.63) is 91.3 Å². The first-order valence-corrected chi connectivity index (χ1v) is 21.0. The van der Waals surface area contributed by atoms with Crippen molar-refractivity contribution in [1.29, 1.82) is 0 Å². The summed E-state index contributed by atoms with van der Waals surface area (Å²) in [6.07, 6.45) is -3.59. The zero-order chi connectivity index (χ0) is 45.9. The highest BCUT2D eigenvalue weighted by Gasteiger charge is 2.32. The maximum Gasteiger partial charge on any atom is 0.573 e. The van der Waals surface area contributed by atoms with E-state index in [1.54, 1.807) is 30.9 Å². The van der Waals surface area contributed by atoms with E-state index in [2.05, 4.69) is 65.0 Å². The fraction of sp³-hybridized carbons (Fsp3) is 0.297. The summed E-state index contributed by atoms with van der Waals surface area (Å²) in [6, 6.07) is 10.2. The molecule has 0 saturated carbocycles. The highest BCUT2D eigenvalue weighted by Crippen LogP contribution is 2.28. The quantitative estimate of drug-likeness (QED) is 0.105. The average Bonchev–Trinajstić information content (AvgIpc) is 4.10. The van der Waals surface area contributed by atoms with Gasteiger partial charge < -0.3 is 23.3 Å². The molecule has 346 valence electrons. The first-order chi connectivity index (χ1) is 30.5. The van der Waals surface area contributed by atoms with Crippen LogP contribution < -0.4 is 9.47 Å². The minimum absolute atomic E-state index is 0. The van der Waals surface area contributed by atoms with Crippen LogP contribution in [0.5, 0.6) is 11.5 Å². The smallest absolute Gasteiger partial charge is 0.406 e. The second-order valence-corrected chi connectivity index (χ2v) is 16.1. The van der Waals surface area contributed by atoms with E-state index in [0.717, 1.165) is 47.2 Å². The van der Waals surface area contributed by atoms with Crippen LogP contribution in [0.3, 0.4) is 0 Å². The minimum Gasteiger partial charge on any atom is -0.406 e. The fourth-order valence-electron chi connectivity index (χ4n) is 4.93. The number of nitrogens with zero attached hydrogens (tertiary/aromatic N) is 11. The molecule has 1 aliphatic rings. The van der Waals surface area contributed by atoms with E-state index >= 15 is 0 Å². The van der Waals surface area contributed by atoms with Gasteiger partial charge in [0.05, 0.1) is 12.4 Å². The van der Waals surface area contributed by atoms with E-state index in [-0.39, 0.29) is 54.0 Å². The van der Waals surface area contributed by atoms with Crippen LogP contribution >= 0.6 is 57.5 Å². The van der Waals surface area contributed by atoms with E-state index in [0.29, 0.717) is 44.1 Å². The van der Waals surface area contributed by atoms with Crippen LogP contribution in [0.25, 0.3) is 46.2 Å². The van der Waals surface area contributed by atoms with E-state index in [1.165, 1.54) is 59.8 Å². The number of benzene rings is 2. The molecule has 2 aromatic carbocycles. The van der Waals surface area contributed by atoms with Gasteiger partial charge in [0.2, 0.25) is 23.3 Å². The lowest BCUT2D eigenvalue weighted by Gasteiger charge is -2.08. The Morgan fingerprint density at radius 3 is 1.57 bits per heavy atom. The summed E-state index contributed by atoms with van der Waals surface area (Å²) >= 11 is 19.5. The van der Waals surface area contributed by atoms with Crippen molar-refractivity contribution in [1.82, 2.24) is 60.2 Å². The molecule has 0 atom stereocenters. The molecule has 28 heteroatoms. The Morgan fingerprint density at radius 1 is 0.692 bits per heavy atom. The third-order valence-electron chi connectivity index (χ3n) is 7.70. The van der Waals surface area contributed by atoms with Crippen LogP contribution in [-0.2, 0) is 17.2 Å². The molecule has 17 nitrogen and oxygen atoms in total. The van der Waals surface area contributed by atoms with Crippen LogP contribution in [0.2, 0.25) is 8.93 Å². The van der Waals surface area contributed by atoms with Gasteiger partial charge >= 0.3 is 12.7 Å². The van der Waals surface area contributed by atoms with Crippen molar-refractivity contribution in [2.45, 2.75) is 59.3 Å². The third kappa shape index (κ3) is 15.7. The number of aryl methyl sites for hydroxylation is 2. The molecule has 0 spiro atoms. The number of thiazole rings is 2. The van der Waals surface area contributed by atoms with Crippen molar-refractivity contribution < 1.29 is 49.6 Å². The van der Waals surface area contributed by atoms with Crippen LogP contribution in [0.15, 0.2) is 70.0 Å². The highest BCUT2D eigenvalue weighted by molar-refractivity contribution is 7.16. The van der Waals surface area contributed by atoms with Crippen LogP contribution in [0, 0.1) is 13.8 Å². The predicted molar refractivity (Wildman–Crippen MR) is 226 cm³/mol. The van der Waals surface area contributed by atoms with Gasteiger partial charge in [-0.15, -0.1) is 70.8 Å². The summed E-state index contributed by atoms with van der Waals surface area (Å²) in [6.45, 7) is 5.92. The van der Waals surface area contributed by atoms with E-state index in [9.17, 15) is 26.3 Å². The lowest BCUT2D eigenvalue weighted by atomic mass is 10.2. The summed E-state index contributed by atoms with van der Waals surface area (Å²) in [5.74, 6) is 2.09. The Hall–Kier alpha value is -5.73. The second-order valence-electron chi connectivity index (χ2n) is 12.5. The molecule has 8 aromatic rings. The van der Waals surface area contributed by atoms with Gasteiger partial charge in [0.25, 0.3) is 11.8 Å². The van der Waals surface area contributed by atoms with Gasteiger partial charge in [0.1, 0.15) is 23.1 Å². The summed E-state index contributed by atoms with van der Waals surface area (Å²) in [4.78, 5) is 26.3. The topological polar surface area (TPSA) is 204 Å². The molecule has 1 N–H and O–H groups in total. The number of alkyl halides is 7. The summed E-state index contributed by atoms with van der Waals surface area (Å²) in [5, 5.41) is 18.4. The van der Waals surface area contributed by atoms with Crippen molar-refractivity contribution in [2.75, 3.05) is 13.2 Å². The van der Waals surface area contributed by atoms with Gasteiger partial charge in [-0.2, -0.15) is 9.97 Å². The summed E-state index contributed by atoms with van der Waals surface area (Å²) in [5.41, 5.74) is 0.918. The van der Waals surface area contributed by atoms with Gasteiger partial charge in [0, 0.05) is 46.5 Å². The first-order valence-electron chi connectivity index (χ1n) is 18.1. The Kier molecular flexibility index (Phi) is 17.7. The normalized spacial score (nSPS) is 12.2. The van der Waals surface area contributed by atoms with Gasteiger partial charge in [-0.1, -0.05) is 40.9 Å². The van der Waals surface area contributed by atoms with Gasteiger partial charge in [0.15, 0.2) is 8.93 Å². The lowest BCUT2D eigenvalue weighted by molar-refractivity contribution is -0.275. The average molecular weight is 1010 g/mol. The van der Waals surface area contributed by atoms with Crippen LogP contribution in [-0.4, -0.2) is 86.1 Å². The zero-order valence-corrected chi connectivity index (χ0v) is 36.6. The standard InChI is InChI=1S/C16H10ClF3N6O2S.C12H8F3N5O2.C4H3Cl2NS.C4H8O.CH4/c1-8-22-13(24-26(8)7-11-6-21-15(17)29-11)14-23-12(25-28-14)9-2-4-10(5-3-9)27-16(18,19)20;1-6-16-10(19-18-6)11-17-9(20-22-11)7-2-4-8(5-3-7)21-12(13,14)15;5-1-3-2-7-4(6)8-3;1-2-4-5-3-1;/h2-6H,7H2,1H3;2-5H,1H3,(H,16,18,19);2H,1H2;1-4H2;1H4. The van der Waals surface area contributed by atoms with Crippen molar-refractivity contribution >= 4 is 57.5 Å². The Labute approximate surface area is 387 Å². The van der Waals surface area contributed by atoms with Crippen molar-refractivity contribution in [3.8, 4) is 57.7 Å². The summed E-state index contributed by atoms with van der Waals surface area (Å²) in [7, 11) is 0. The van der Waals surface area contributed by atoms with Crippen LogP contribution in [0.4, 0.5) is 26.3 Å². The SMILES string of the molecule is C.C1CCOC1.Cc1nc(-c2nc(-c3ccc(OC(F)(F)F)cc3)no2)n[nH]1.Cc1nc(-c2nc(-c3ccc(OC(F)(F)F)cc3)no2)nn1Cc1cnc(Cl)s1.ClCc1cnc(Cl)s1. The highest BCUT2D eigenvalue weighted by atomic mass is 35.5. The Balaban J connectivity index is 0.000000192. The Bertz CT molecular complexity index is 2680. The van der Waals surface area contributed by atoms with Gasteiger partial charge in [-0.05, 0) is 75.2 Å². The zero-order valence-electron chi connectivity index (χ0n) is 32.7. The molecule has 0 amide bonds. The summed E-state index contributed by atoms with van der Waals surface area (Å²) < 4.78 is 98.4. The minimum atomic E-state index is -4.76. The molecule has 0 bridgehead atoms. The lowest BCUT2D eigenvalue weighted by Crippen LogP contribution is -2.16. The number of hydrogen-bond acceptors (Lipinski definition) is 17. The number of nitrogens with one attached hydrogen (secondary N) is 1. The van der Waals surface area contributed by atoms with Gasteiger partial charge in [-0.3, -0.25) is 5.10 Å². The molecular weight excluding hydrogens is 977 g/mol. The molecule has 6 aromatic heterocycles. The van der Waals surface area contributed by atoms with Crippen molar-refractivity contribution in [3.63, 3.8) is 0 Å². The number of halogens is 9. The van der Waals surface area contributed by atoms with E-state index in [1.807, 2.05) is 0 Å². The number of aromatic amines is 1. The molecule has 0 unspecified atom stereocenters. The molecule has 7 heterocycles. The molecular formula is C37H33Cl3F6N12O5S2. The molecule has 9 rings (SSSR count). The second kappa shape index (κ2) is 22.9. The van der Waals surface area contributed by atoms with Crippen molar-refractivity contribution in [2.24, 2.45) is 0 Å². The number of H-pyrrole nitrogens is 1. The number of hydrogen-bond donors (Lipinski definition) is 1. The molecule has 65 heavy (non-hydrogen) atoms. The van der Waals surface area contributed by atoms with Gasteiger partial charge in [-0.25, -0.2) is 24.6 Å².